The van der Waals surface area contributed by atoms with Crippen LogP contribution < -0.4 is 10.1 Å². The number of rotatable bonds is 4. The Hall–Kier alpha value is -3.08. The predicted octanol–water partition coefficient (Wildman–Crippen LogP) is 3.34. The average molecular weight is 293 g/mol. The van der Waals surface area contributed by atoms with E-state index in [-0.39, 0.29) is 5.91 Å². The maximum atomic E-state index is 12.2. The largest absolute Gasteiger partial charge is 0.497 e. The second kappa shape index (κ2) is 6.13. The molecule has 1 aromatic heterocycles. The molecule has 2 aromatic carbocycles. The third-order valence-electron chi connectivity index (χ3n) is 3.20. The Kier molecular flexibility index (Phi) is 3.87. The van der Waals surface area contributed by atoms with E-state index in [1.54, 1.807) is 19.2 Å². The van der Waals surface area contributed by atoms with E-state index in [2.05, 4.69) is 15.3 Å². The number of hydrogen-bond acceptors (Lipinski definition) is 3. The molecule has 0 aliphatic rings. The molecule has 0 aliphatic heterocycles. The number of nitrogens with zero attached hydrogens (tertiary/aromatic N) is 1. The van der Waals surface area contributed by atoms with Gasteiger partial charge in [0.15, 0.2) is 0 Å². The number of nitrogens with one attached hydrogen (secondary N) is 2. The molecule has 3 aromatic rings. The van der Waals surface area contributed by atoms with Crippen molar-refractivity contribution in [1.29, 1.82) is 0 Å². The van der Waals surface area contributed by atoms with Crippen LogP contribution in [0.5, 0.6) is 5.75 Å². The van der Waals surface area contributed by atoms with Gasteiger partial charge < -0.3 is 15.0 Å². The molecule has 22 heavy (non-hydrogen) atoms. The molecule has 110 valence electrons. The molecule has 2 N–H and O–H groups in total. The van der Waals surface area contributed by atoms with E-state index in [0.29, 0.717) is 23.0 Å². The van der Waals surface area contributed by atoms with Gasteiger partial charge in [-0.15, -0.1) is 0 Å². The molecule has 0 aliphatic carbocycles. The van der Waals surface area contributed by atoms with Gasteiger partial charge in [-0.3, -0.25) is 4.79 Å². The zero-order valence-corrected chi connectivity index (χ0v) is 12.0. The van der Waals surface area contributed by atoms with Crippen molar-refractivity contribution in [3.63, 3.8) is 0 Å². The van der Waals surface area contributed by atoms with Gasteiger partial charge in [-0.05, 0) is 12.1 Å². The molecule has 0 radical (unpaired) electrons. The maximum Gasteiger partial charge on any atom is 0.273 e. The van der Waals surface area contributed by atoms with Gasteiger partial charge >= 0.3 is 0 Å². The molecular weight excluding hydrogens is 278 g/mol. The van der Waals surface area contributed by atoms with Crippen molar-refractivity contribution in [3.8, 4) is 17.1 Å². The minimum Gasteiger partial charge on any atom is -0.497 e. The Bertz CT molecular complexity index is 781. The minimum absolute atomic E-state index is 0.247. The van der Waals surface area contributed by atoms with Crippen LogP contribution in [0, 0.1) is 0 Å². The van der Waals surface area contributed by atoms with Gasteiger partial charge in [-0.1, -0.05) is 36.4 Å². The van der Waals surface area contributed by atoms with E-state index >= 15 is 0 Å². The molecule has 0 unspecified atom stereocenters. The first kappa shape index (κ1) is 13.9. The summed E-state index contributed by atoms with van der Waals surface area (Å²) in [6.45, 7) is 0. The third-order valence-corrected chi connectivity index (χ3v) is 3.20. The van der Waals surface area contributed by atoms with Crippen LogP contribution in [0.15, 0.2) is 60.8 Å². The quantitative estimate of drug-likeness (QED) is 0.775. The maximum absolute atomic E-state index is 12.2. The number of carbonyl (C=O) groups is 1. The number of H-pyrrole nitrogens is 1. The van der Waals surface area contributed by atoms with Crippen molar-refractivity contribution in [3.05, 3.63) is 66.5 Å². The molecule has 1 amide bonds. The lowest BCUT2D eigenvalue weighted by molar-refractivity contribution is 0.102. The van der Waals surface area contributed by atoms with Crippen LogP contribution >= 0.6 is 0 Å². The van der Waals surface area contributed by atoms with Gasteiger partial charge in [-0.2, -0.15) is 0 Å². The number of aromatic amines is 1. The number of methoxy groups -OCH3 is 1. The SMILES string of the molecule is COc1cccc(NC(=O)c2cnc(-c3ccccc3)[nH]2)c1. The number of amides is 1. The van der Waals surface area contributed by atoms with E-state index in [9.17, 15) is 4.79 Å². The Morgan fingerprint density at radius 3 is 2.73 bits per heavy atom. The zero-order valence-electron chi connectivity index (χ0n) is 12.0. The van der Waals surface area contributed by atoms with E-state index < -0.39 is 0 Å². The first-order chi connectivity index (χ1) is 10.8. The lowest BCUT2D eigenvalue weighted by Gasteiger charge is -2.05. The molecule has 0 saturated heterocycles. The van der Waals surface area contributed by atoms with E-state index in [1.807, 2.05) is 42.5 Å². The Morgan fingerprint density at radius 1 is 1.14 bits per heavy atom. The van der Waals surface area contributed by atoms with Crippen molar-refractivity contribution in [2.45, 2.75) is 0 Å². The fourth-order valence-electron chi connectivity index (χ4n) is 2.08. The highest BCUT2D eigenvalue weighted by Gasteiger charge is 2.11. The molecule has 0 saturated carbocycles. The number of benzene rings is 2. The summed E-state index contributed by atoms with van der Waals surface area (Å²) in [5.41, 5.74) is 2.00. The summed E-state index contributed by atoms with van der Waals surface area (Å²) >= 11 is 0. The molecule has 0 fully saturated rings. The molecule has 1 heterocycles. The minimum atomic E-state index is -0.247. The monoisotopic (exact) mass is 293 g/mol. The first-order valence-corrected chi connectivity index (χ1v) is 6.82. The van der Waals surface area contributed by atoms with Crippen LogP contribution in [0.4, 0.5) is 5.69 Å². The summed E-state index contributed by atoms with van der Waals surface area (Å²) < 4.78 is 5.13. The molecule has 0 atom stereocenters. The van der Waals surface area contributed by atoms with Crippen LogP contribution in [0.25, 0.3) is 11.4 Å². The molecule has 5 nitrogen and oxygen atoms in total. The van der Waals surface area contributed by atoms with E-state index in [4.69, 9.17) is 4.74 Å². The lowest BCUT2D eigenvalue weighted by atomic mass is 10.2. The lowest BCUT2D eigenvalue weighted by Crippen LogP contribution is -2.12. The van der Waals surface area contributed by atoms with E-state index in [0.717, 1.165) is 5.56 Å². The van der Waals surface area contributed by atoms with Crippen molar-refractivity contribution in [2.75, 3.05) is 12.4 Å². The van der Waals surface area contributed by atoms with Gasteiger partial charge in [0.25, 0.3) is 5.91 Å². The highest BCUT2D eigenvalue weighted by Crippen LogP contribution is 2.18. The van der Waals surface area contributed by atoms with Crippen molar-refractivity contribution in [2.24, 2.45) is 0 Å². The summed E-state index contributed by atoms with van der Waals surface area (Å²) in [5, 5.41) is 2.81. The number of ether oxygens (including phenoxy) is 1. The van der Waals surface area contributed by atoms with Crippen LogP contribution in [-0.2, 0) is 0 Å². The van der Waals surface area contributed by atoms with Gasteiger partial charge in [-0.25, -0.2) is 4.98 Å². The van der Waals surface area contributed by atoms with Crippen molar-refractivity contribution >= 4 is 11.6 Å². The molecule has 3 rings (SSSR count). The number of anilines is 1. The van der Waals surface area contributed by atoms with Gasteiger partial charge in [0.05, 0.1) is 13.3 Å². The number of aromatic nitrogens is 2. The highest BCUT2D eigenvalue weighted by molar-refractivity contribution is 6.03. The number of imidazole rings is 1. The first-order valence-electron chi connectivity index (χ1n) is 6.82. The summed E-state index contributed by atoms with van der Waals surface area (Å²) in [6, 6.07) is 16.8. The van der Waals surface area contributed by atoms with Crippen molar-refractivity contribution < 1.29 is 9.53 Å². The van der Waals surface area contributed by atoms with Crippen LogP contribution in [0.1, 0.15) is 10.5 Å². The van der Waals surface area contributed by atoms with Gasteiger partial charge in [0.2, 0.25) is 0 Å². The van der Waals surface area contributed by atoms with Crippen molar-refractivity contribution in [1.82, 2.24) is 9.97 Å². The Morgan fingerprint density at radius 2 is 1.95 bits per heavy atom. The van der Waals surface area contributed by atoms with Gasteiger partial charge in [0, 0.05) is 17.3 Å². The fraction of sp³-hybridized carbons (Fsp3) is 0.0588. The topological polar surface area (TPSA) is 67.0 Å². The summed E-state index contributed by atoms with van der Waals surface area (Å²) in [6.07, 6.45) is 1.53. The summed E-state index contributed by atoms with van der Waals surface area (Å²) in [4.78, 5) is 19.5. The van der Waals surface area contributed by atoms with Crippen LogP contribution in [0.2, 0.25) is 0 Å². The van der Waals surface area contributed by atoms with Crippen LogP contribution in [-0.4, -0.2) is 23.0 Å². The molecule has 0 bridgehead atoms. The normalized spacial score (nSPS) is 10.2. The third kappa shape index (κ3) is 2.98. The molecular formula is C17H15N3O2. The van der Waals surface area contributed by atoms with Crippen LogP contribution in [0.3, 0.4) is 0 Å². The summed E-state index contributed by atoms with van der Waals surface area (Å²) in [7, 11) is 1.59. The predicted molar refractivity (Wildman–Crippen MR) is 85.0 cm³/mol. The smallest absolute Gasteiger partial charge is 0.273 e. The average Bonchev–Trinajstić information content (AvgIpc) is 3.06. The van der Waals surface area contributed by atoms with Gasteiger partial charge in [0.1, 0.15) is 17.3 Å². The zero-order chi connectivity index (χ0) is 15.4. The second-order valence-electron chi connectivity index (χ2n) is 4.70. The number of carbonyl (C=O) groups excluding carboxylic acids is 1. The fourth-order valence-corrected chi connectivity index (χ4v) is 2.08. The second-order valence-corrected chi connectivity index (χ2v) is 4.70. The molecule has 5 heteroatoms. The Labute approximate surface area is 128 Å². The van der Waals surface area contributed by atoms with E-state index in [1.165, 1.54) is 6.20 Å². The number of hydrogen-bond donors (Lipinski definition) is 2. The summed E-state index contributed by atoms with van der Waals surface area (Å²) in [5.74, 6) is 1.10. The standard InChI is InChI=1S/C17H15N3O2/c1-22-14-9-5-8-13(10-14)19-17(21)15-11-18-16(20-15)12-6-3-2-4-7-12/h2-11H,1H3,(H,18,20)(H,19,21). The highest BCUT2D eigenvalue weighted by atomic mass is 16.5. The Balaban J connectivity index is 1.77. The molecule has 0 spiro atoms.